The van der Waals surface area contributed by atoms with Gasteiger partial charge in [0.2, 0.25) is 0 Å². The van der Waals surface area contributed by atoms with E-state index in [1.54, 1.807) is 6.20 Å². The van der Waals surface area contributed by atoms with Crippen LogP contribution in [0.15, 0.2) is 79.1 Å². The fourth-order valence-electron chi connectivity index (χ4n) is 4.06. The number of ether oxygens (including phenoxy) is 2. The Hall–Kier alpha value is -3.60. The highest BCUT2D eigenvalue weighted by Crippen LogP contribution is 2.26. The first-order valence-electron chi connectivity index (χ1n) is 11.5. The molecule has 1 aromatic heterocycles. The maximum Gasteiger partial charge on any atom is 0.308 e. The molecule has 4 aromatic rings. The molecule has 170 valence electrons. The van der Waals surface area contributed by atoms with E-state index in [9.17, 15) is 4.79 Å². The fraction of sp³-hybridized carbons (Fsp3) is 0.286. The average Bonchev–Trinajstić information content (AvgIpc) is 3.34. The number of hydrogen-bond donors (Lipinski definition) is 0. The average molecular weight is 443 g/mol. The maximum absolute atomic E-state index is 12.2. The van der Waals surface area contributed by atoms with Gasteiger partial charge in [-0.2, -0.15) is 5.10 Å². The molecule has 0 N–H and O–H groups in total. The van der Waals surface area contributed by atoms with Crippen LogP contribution in [0.25, 0.3) is 10.8 Å². The smallest absolute Gasteiger partial charge is 0.308 e. The molecule has 0 aliphatic rings. The first-order valence-corrected chi connectivity index (χ1v) is 11.5. The highest BCUT2D eigenvalue weighted by molar-refractivity contribution is 5.85. The highest BCUT2D eigenvalue weighted by Gasteiger charge is 2.17. The molecule has 0 saturated heterocycles. The molecule has 5 heteroatoms. The molecule has 33 heavy (non-hydrogen) atoms. The number of carbonyl (C=O) groups excluding carboxylic acids is 1. The summed E-state index contributed by atoms with van der Waals surface area (Å²) in [5.74, 6) is 0.401. The van der Waals surface area contributed by atoms with Crippen LogP contribution in [0.5, 0.6) is 5.75 Å². The third-order valence-corrected chi connectivity index (χ3v) is 5.76. The molecule has 0 bridgehead atoms. The van der Waals surface area contributed by atoms with Gasteiger partial charge in [-0.3, -0.25) is 9.48 Å². The van der Waals surface area contributed by atoms with Gasteiger partial charge in [0, 0.05) is 18.8 Å². The van der Waals surface area contributed by atoms with Crippen molar-refractivity contribution in [2.75, 3.05) is 13.2 Å². The number of esters is 1. The molecule has 0 radical (unpaired) electrons. The number of fused-ring (bicyclic) bond motifs is 1. The minimum atomic E-state index is -0.234. The van der Waals surface area contributed by atoms with Crippen LogP contribution < -0.4 is 4.74 Å². The van der Waals surface area contributed by atoms with Gasteiger partial charge in [-0.1, -0.05) is 61.5 Å². The fourth-order valence-corrected chi connectivity index (χ4v) is 4.06. The van der Waals surface area contributed by atoms with E-state index >= 15 is 0 Å². The quantitative estimate of drug-likeness (QED) is 0.307. The summed E-state index contributed by atoms with van der Waals surface area (Å²) in [6.45, 7) is 5.34. The second kappa shape index (κ2) is 10.8. The number of hydrogen-bond acceptors (Lipinski definition) is 4. The van der Waals surface area contributed by atoms with E-state index in [2.05, 4.69) is 65.8 Å². The van der Waals surface area contributed by atoms with Gasteiger partial charge in [-0.05, 0) is 52.9 Å². The maximum atomic E-state index is 12.2. The largest absolute Gasteiger partial charge is 0.493 e. The van der Waals surface area contributed by atoms with E-state index in [0.717, 1.165) is 23.3 Å². The highest BCUT2D eigenvalue weighted by atomic mass is 16.5. The Labute approximate surface area is 195 Å². The molecule has 1 atom stereocenters. The molecular weight excluding hydrogens is 412 g/mol. The molecule has 1 heterocycles. The Bertz CT molecular complexity index is 1200. The van der Waals surface area contributed by atoms with Crippen molar-refractivity contribution < 1.29 is 14.3 Å². The lowest BCUT2D eigenvalue weighted by Crippen LogP contribution is -2.17. The van der Waals surface area contributed by atoms with Gasteiger partial charge in [-0.25, -0.2) is 0 Å². The number of aromatic nitrogens is 2. The van der Waals surface area contributed by atoms with Crippen molar-refractivity contribution in [2.24, 2.45) is 5.92 Å². The lowest BCUT2D eigenvalue weighted by molar-refractivity contribution is -0.147. The molecule has 3 aromatic carbocycles. The van der Waals surface area contributed by atoms with E-state index in [4.69, 9.17) is 9.47 Å². The Morgan fingerprint density at radius 1 is 1.03 bits per heavy atom. The van der Waals surface area contributed by atoms with E-state index in [1.807, 2.05) is 30.8 Å². The van der Waals surface area contributed by atoms with Crippen molar-refractivity contribution in [3.05, 3.63) is 95.8 Å². The number of rotatable bonds is 10. The summed E-state index contributed by atoms with van der Waals surface area (Å²) >= 11 is 0. The molecule has 0 fully saturated rings. The molecular formula is C28H30N2O3. The van der Waals surface area contributed by atoms with Crippen molar-refractivity contribution >= 4 is 16.7 Å². The zero-order chi connectivity index (χ0) is 23.0. The minimum Gasteiger partial charge on any atom is -0.493 e. The van der Waals surface area contributed by atoms with E-state index in [0.29, 0.717) is 26.2 Å². The standard InChI is InChI=1S/C28H30N2O3/c1-3-32-28(31)21(2)18-25-13-12-22(20-30-16-7-15-29-30)19-27(25)33-17-14-24-10-6-9-23-8-4-5-11-26(23)24/h4-13,15-16,19,21H,3,14,17-18,20H2,1-2H3. The zero-order valence-corrected chi connectivity index (χ0v) is 19.2. The molecule has 1 unspecified atom stereocenters. The normalized spacial score (nSPS) is 11.9. The molecule has 5 nitrogen and oxygen atoms in total. The van der Waals surface area contributed by atoms with Crippen LogP contribution in [0.3, 0.4) is 0 Å². The summed E-state index contributed by atoms with van der Waals surface area (Å²) in [6.07, 6.45) is 5.09. The summed E-state index contributed by atoms with van der Waals surface area (Å²) in [6, 6.07) is 22.9. The second-order valence-electron chi connectivity index (χ2n) is 8.24. The molecule has 4 rings (SSSR count). The van der Waals surface area contributed by atoms with Gasteiger partial charge in [0.15, 0.2) is 0 Å². The van der Waals surface area contributed by atoms with Crippen molar-refractivity contribution in [3.63, 3.8) is 0 Å². The third-order valence-electron chi connectivity index (χ3n) is 5.76. The molecule has 0 aliphatic carbocycles. The monoisotopic (exact) mass is 442 g/mol. The second-order valence-corrected chi connectivity index (χ2v) is 8.24. The Balaban J connectivity index is 1.51. The summed E-state index contributed by atoms with van der Waals surface area (Å²) in [5.41, 5.74) is 3.38. The summed E-state index contributed by atoms with van der Waals surface area (Å²) in [4.78, 5) is 12.2. The van der Waals surface area contributed by atoms with Crippen molar-refractivity contribution in [3.8, 4) is 5.75 Å². The van der Waals surface area contributed by atoms with Crippen LogP contribution in [0, 0.1) is 5.92 Å². The molecule has 0 aliphatic heterocycles. The van der Waals surface area contributed by atoms with E-state index in [1.165, 1.54) is 16.3 Å². The van der Waals surface area contributed by atoms with Crippen LogP contribution >= 0.6 is 0 Å². The first kappa shape index (κ1) is 22.6. The van der Waals surface area contributed by atoms with Gasteiger partial charge >= 0.3 is 5.97 Å². The van der Waals surface area contributed by atoms with Crippen molar-refractivity contribution in [1.82, 2.24) is 9.78 Å². The minimum absolute atomic E-state index is 0.181. The van der Waals surface area contributed by atoms with Gasteiger partial charge in [0.05, 0.1) is 25.7 Å². The molecule has 0 saturated carbocycles. The predicted octanol–water partition coefficient (Wildman–Crippen LogP) is 5.45. The zero-order valence-electron chi connectivity index (χ0n) is 19.2. The van der Waals surface area contributed by atoms with Gasteiger partial charge in [0.1, 0.15) is 5.75 Å². The Morgan fingerprint density at radius 2 is 1.88 bits per heavy atom. The lowest BCUT2D eigenvalue weighted by Gasteiger charge is -2.17. The third kappa shape index (κ3) is 5.80. The lowest BCUT2D eigenvalue weighted by atomic mass is 9.99. The topological polar surface area (TPSA) is 53.4 Å². The number of benzene rings is 3. The summed E-state index contributed by atoms with van der Waals surface area (Å²) in [7, 11) is 0. The van der Waals surface area contributed by atoms with Crippen molar-refractivity contribution in [1.29, 1.82) is 0 Å². The SMILES string of the molecule is CCOC(=O)C(C)Cc1ccc(Cn2cccn2)cc1OCCc1cccc2ccccc12. The first-order chi connectivity index (χ1) is 16.1. The van der Waals surface area contributed by atoms with Crippen molar-refractivity contribution in [2.45, 2.75) is 33.2 Å². The van der Waals surface area contributed by atoms with Gasteiger partial charge in [0.25, 0.3) is 0 Å². The number of carbonyl (C=O) groups is 1. The van der Waals surface area contributed by atoms with Crippen LogP contribution in [0.2, 0.25) is 0 Å². The van der Waals surface area contributed by atoms with Gasteiger partial charge < -0.3 is 9.47 Å². The predicted molar refractivity (Wildman–Crippen MR) is 130 cm³/mol. The number of nitrogens with zero attached hydrogens (tertiary/aromatic N) is 2. The van der Waals surface area contributed by atoms with Crippen LogP contribution in [-0.2, 0) is 28.9 Å². The van der Waals surface area contributed by atoms with Gasteiger partial charge in [-0.15, -0.1) is 0 Å². The van der Waals surface area contributed by atoms with E-state index < -0.39 is 0 Å². The van der Waals surface area contributed by atoms with E-state index in [-0.39, 0.29) is 11.9 Å². The van der Waals surface area contributed by atoms with Crippen LogP contribution in [0.4, 0.5) is 0 Å². The Kier molecular flexibility index (Phi) is 7.40. The summed E-state index contributed by atoms with van der Waals surface area (Å²) in [5, 5.41) is 6.79. The van der Waals surface area contributed by atoms with Crippen LogP contribution in [0.1, 0.15) is 30.5 Å². The molecule has 0 spiro atoms. The summed E-state index contributed by atoms with van der Waals surface area (Å²) < 4.78 is 13.4. The molecule has 0 amide bonds. The Morgan fingerprint density at radius 3 is 2.70 bits per heavy atom. The van der Waals surface area contributed by atoms with Crippen LogP contribution in [-0.4, -0.2) is 29.0 Å².